The van der Waals surface area contributed by atoms with Crippen LogP contribution in [0.25, 0.3) is 6.08 Å². The highest BCUT2D eigenvalue weighted by atomic mass is 79.9. The van der Waals surface area contributed by atoms with Gasteiger partial charge in [-0.1, -0.05) is 28.9 Å². The van der Waals surface area contributed by atoms with E-state index in [1.54, 1.807) is 0 Å². The first-order chi connectivity index (χ1) is 6.13. The standard InChI is InChI=1S/C11H14BrN/c1-3-10(12)7-9-4-5-11(13)6-8(9)2/h4-7H,3,13H2,1-2H3/b10-7+. The molecule has 0 heterocycles. The van der Waals surface area contributed by atoms with E-state index >= 15 is 0 Å². The fourth-order valence-corrected chi connectivity index (χ4v) is 1.38. The van der Waals surface area contributed by atoms with Crippen LogP contribution in [0.4, 0.5) is 5.69 Å². The van der Waals surface area contributed by atoms with E-state index in [0.29, 0.717) is 0 Å². The first kappa shape index (κ1) is 10.3. The van der Waals surface area contributed by atoms with Crippen molar-refractivity contribution in [2.24, 2.45) is 0 Å². The molecule has 1 nitrogen and oxygen atoms in total. The molecule has 2 heteroatoms. The van der Waals surface area contributed by atoms with E-state index in [1.165, 1.54) is 15.6 Å². The number of nitrogen functional groups attached to an aromatic ring is 1. The number of hydrogen-bond acceptors (Lipinski definition) is 1. The van der Waals surface area contributed by atoms with Gasteiger partial charge in [0.15, 0.2) is 0 Å². The summed E-state index contributed by atoms with van der Waals surface area (Å²) in [5, 5.41) is 0. The van der Waals surface area contributed by atoms with Crippen molar-refractivity contribution in [3.63, 3.8) is 0 Å². The summed E-state index contributed by atoms with van der Waals surface area (Å²) in [4.78, 5) is 0. The molecule has 1 aromatic carbocycles. The van der Waals surface area contributed by atoms with Crippen LogP contribution in [0.2, 0.25) is 0 Å². The predicted molar refractivity (Wildman–Crippen MR) is 62.8 cm³/mol. The molecule has 0 saturated carbocycles. The maximum absolute atomic E-state index is 5.66. The summed E-state index contributed by atoms with van der Waals surface area (Å²) in [7, 11) is 0. The Bertz CT molecular complexity index is 329. The summed E-state index contributed by atoms with van der Waals surface area (Å²) in [6, 6.07) is 5.96. The van der Waals surface area contributed by atoms with Crippen molar-refractivity contribution >= 4 is 27.7 Å². The molecule has 1 rings (SSSR count). The number of anilines is 1. The van der Waals surface area contributed by atoms with E-state index in [0.717, 1.165) is 12.1 Å². The molecular weight excluding hydrogens is 226 g/mol. The molecule has 0 unspecified atom stereocenters. The van der Waals surface area contributed by atoms with Crippen LogP contribution in [-0.2, 0) is 0 Å². The Morgan fingerprint density at radius 3 is 2.77 bits per heavy atom. The van der Waals surface area contributed by atoms with Gasteiger partial charge in [0, 0.05) is 5.69 Å². The molecular formula is C11H14BrN. The van der Waals surface area contributed by atoms with Gasteiger partial charge < -0.3 is 5.73 Å². The van der Waals surface area contributed by atoms with Crippen LogP contribution in [-0.4, -0.2) is 0 Å². The molecule has 0 aliphatic carbocycles. The molecule has 0 bridgehead atoms. The summed E-state index contributed by atoms with van der Waals surface area (Å²) >= 11 is 3.50. The van der Waals surface area contributed by atoms with Crippen molar-refractivity contribution in [2.75, 3.05) is 5.73 Å². The molecule has 0 saturated heterocycles. The molecule has 0 aliphatic heterocycles. The number of halogens is 1. The van der Waals surface area contributed by atoms with Crippen LogP contribution in [0.1, 0.15) is 24.5 Å². The highest BCUT2D eigenvalue weighted by Gasteiger charge is 1.96. The number of rotatable bonds is 2. The first-order valence-corrected chi connectivity index (χ1v) is 5.15. The topological polar surface area (TPSA) is 26.0 Å². The van der Waals surface area contributed by atoms with Gasteiger partial charge >= 0.3 is 0 Å². The van der Waals surface area contributed by atoms with Crippen LogP contribution in [0, 0.1) is 6.92 Å². The molecule has 13 heavy (non-hydrogen) atoms. The van der Waals surface area contributed by atoms with E-state index in [4.69, 9.17) is 5.73 Å². The lowest BCUT2D eigenvalue weighted by Gasteiger charge is -2.02. The minimum atomic E-state index is 0.822. The number of hydrogen-bond donors (Lipinski definition) is 1. The third kappa shape index (κ3) is 2.88. The number of allylic oxidation sites excluding steroid dienone is 1. The van der Waals surface area contributed by atoms with Crippen molar-refractivity contribution in [3.05, 3.63) is 33.8 Å². The summed E-state index contributed by atoms with van der Waals surface area (Å²) in [5.41, 5.74) is 8.92. The highest BCUT2D eigenvalue weighted by molar-refractivity contribution is 9.11. The largest absolute Gasteiger partial charge is 0.399 e. The smallest absolute Gasteiger partial charge is 0.0317 e. The molecule has 0 fully saturated rings. The van der Waals surface area contributed by atoms with Gasteiger partial charge in [-0.3, -0.25) is 0 Å². The first-order valence-electron chi connectivity index (χ1n) is 4.35. The molecule has 0 aromatic heterocycles. The van der Waals surface area contributed by atoms with Crippen LogP contribution in [0.3, 0.4) is 0 Å². The second kappa shape index (κ2) is 4.47. The van der Waals surface area contributed by atoms with E-state index in [1.807, 2.05) is 18.2 Å². The minimum absolute atomic E-state index is 0.822. The summed E-state index contributed by atoms with van der Waals surface area (Å²) in [6.07, 6.45) is 3.15. The van der Waals surface area contributed by atoms with Crippen molar-refractivity contribution in [1.29, 1.82) is 0 Å². The summed E-state index contributed by atoms with van der Waals surface area (Å²) in [6.45, 7) is 4.19. The summed E-state index contributed by atoms with van der Waals surface area (Å²) in [5.74, 6) is 0. The normalized spacial score (nSPS) is 11.8. The van der Waals surface area contributed by atoms with E-state index in [9.17, 15) is 0 Å². The fraction of sp³-hybridized carbons (Fsp3) is 0.273. The maximum Gasteiger partial charge on any atom is 0.0317 e. The molecule has 2 N–H and O–H groups in total. The Labute approximate surface area is 87.8 Å². The number of benzene rings is 1. The lowest BCUT2D eigenvalue weighted by atomic mass is 10.1. The molecule has 1 aromatic rings. The van der Waals surface area contributed by atoms with Gasteiger partial charge in [-0.25, -0.2) is 0 Å². The van der Waals surface area contributed by atoms with Crippen LogP contribution < -0.4 is 5.73 Å². The number of aryl methyl sites for hydroxylation is 1. The van der Waals surface area contributed by atoms with Gasteiger partial charge in [0.05, 0.1) is 0 Å². The van der Waals surface area contributed by atoms with Crippen molar-refractivity contribution in [3.8, 4) is 0 Å². The van der Waals surface area contributed by atoms with Gasteiger partial charge in [0.1, 0.15) is 0 Å². The van der Waals surface area contributed by atoms with Crippen LogP contribution >= 0.6 is 15.9 Å². The lowest BCUT2D eigenvalue weighted by Crippen LogP contribution is -1.87. The zero-order chi connectivity index (χ0) is 9.84. The van der Waals surface area contributed by atoms with Crippen molar-refractivity contribution in [2.45, 2.75) is 20.3 Å². The third-order valence-corrected chi connectivity index (χ3v) is 2.73. The quantitative estimate of drug-likeness (QED) is 0.783. The maximum atomic E-state index is 5.66. The minimum Gasteiger partial charge on any atom is -0.399 e. The van der Waals surface area contributed by atoms with Gasteiger partial charge in [-0.05, 0) is 47.2 Å². The molecule has 0 radical (unpaired) electrons. The van der Waals surface area contributed by atoms with Gasteiger partial charge in [0.25, 0.3) is 0 Å². The molecule has 0 amide bonds. The van der Waals surface area contributed by atoms with Crippen molar-refractivity contribution < 1.29 is 0 Å². The average Bonchev–Trinajstić information content (AvgIpc) is 2.09. The Morgan fingerprint density at radius 1 is 1.54 bits per heavy atom. The van der Waals surface area contributed by atoms with Crippen LogP contribution in [0.15, 0.2) is 22.7 Å². The molecule has 70 valence electrons. The van der Waals surface area contributed by atoms with Crippen LogP contribution in [0.5, 0.6) is 0 Å². The van der Waals surface area contributed by atoms with Gasteiger partial charge in [0.2, 0.25) is 0 Å². The van der Waals surface area contributed by atoms with E-state index in [-0.39, 0.29) is 0 Å². The number of nitrogens with two attached hydrogens (primary N) is 1. The lowest BCUT2D eigenvalue weighted by molar-refractivity contribution is 1.22. The van der Waals surface area contributed by atoms with Gasteiger partial charge in [-0.2, -0.15) is 0 Å². The van der Waals surface area contributed by atoms with E-state index < -0.39 is 0 Å². The fourth-order valence-electron chi connectivity index (χ4n) is 1.13. The second-order valence-corrected chi connectivity index (χ2v) is 4.08. The Balaban J connectivity index is 3.03. The van der Waals surface area contributed by atoms with E-state index in [2.05, 4.69) is 35.9 Å². The Morgan fingerprint density at radius 2 is 2.23 bits per heavy atom. The third-order valence-electron chi connectivity index (χ3n) is 1.94. The Hall–Kier alpha value is -0.760. The SMILES string of the molecule is CC/C(Br)=C\c1ccc(N)cc1C. The predicted octanol–water partition coefficient (Wildman–Crippen LogP) is 3.72. The van der Waals surface area contributed by atoms with Gasteiger partial charge in [-0.15, -0.1) is 0 Å². The summed E-state index contributed by atoms with van der Waals surface area (Å²) < 4.78 is 1.21. The highest BCUT2D eigenvalue weighted by Crippen LogP contribution is 2.19. The molecule has 0 spiro atoms. The van der Waals surface area contributed by atoms with Crippen molar-refractivity contribution in [1.82, 2.24) is 0 Å². The zero-order valence-corrected chi connectivity index (χ0v) is 9.56. The Kier molecular flexibility index (Phi) is 3.55. The second-order valence-electron chi connectivity index (χ2n) is 3.06. The molecule has 0 aliphatic rings. The zero-order valence-electron chi connectivity index (χ0n) is 7.97. The average molecular weight is 240 g/mol. The monoisotopic (exact) mass is 239 g/mol. The molecule has 0 atom stereocenters.